The van der Waals surface area contributed by atoms with Gasteiger partial charge >= 0.3 is 0 Å². The van der Waals surface area contributed by atoms with E-state index in [0.29, 0.717) is 29.6 Å². The third kappa shape index (κ3) is 3.91. The van der Waals surface area contributed by atoms with Gasteiger partial charge in [0.15, 0.2) is 22.2 Å². The number of hydrogen-bond acceptors (Lipinski definition) is 6. The lowest BCUT2D eigenvalue weighted by Gasteiger charge is -2.22. The number of aryl methyl sites for hydroxylation is 1. The second kappa shape index (κ2) is 8.32. The number of rotatable bonds is 6. The van der Waals surface area contributed by atoms with Crippen molar-refractivity contribution in [2.24, 2.45) is 0 Å². The van der Waals surface area contributed by atoms with Crippen molar-refractivity contribution >= 4 is 43.6 Å². The summed E-state index contributed by atoms with van der Waals surface area (Å²) in [6.45, 7) is 5.69. The summed E-state index contributed by atoms with van der Waals surface area (Å²) in [6, 6.07) is 13.6. The maximum atomic E-state index is 13.6. The quantitative estimate of drug-likeness (QED) is 0.395. The minimum Gasteiger partial charge on any atom is -0.490 e. The van der Waals surface area contributed by atoms with Crippen LogP contribution in [0.15, 0.2) is 46.9 Å². The zero-order chi connectivity index (χ0) is 21.4. The number of furan rings is 1. The number of carbonyl (C=O) groups excluding carboxylic acids is 1. The number of thiazole rings is 1. The van der Waals surface area contributed by atoms with Gasteiger partial charge in [0, 0.05) is 12.0 Å². The van der Waals surface area contributed by atoms with Gasteiger partial charge in [-0.15, -0.1) is 0 Å². The summed E-state index contributed by atoms with van der Waals surface area (Å²) in [4.78, 5) is 20.1. The fraction of sp³-hybridized carbons (Fsp3) is 0.333. The molecule has 31 heavy (non-hydrogen) atoms. The van der Waals surface area contributed by atoms with E-state index >= 15 is 0 Å². The van der Waals surface area contributed by atoms with Gasteiger partial charge in [0.25, 0.3) is 5.91 Å². The second-order valence-electron chi connectivity index (χ2n) is 7.74. The van der Waals surface area contributed by atoms with Crippen molar-refractivity contribution in [3.8, 4) is 5.75 Å². The summed E-state index contributed by atoms with van der Waals surface area (Å²) >= 11 is 1.52. The normalized spacial score (nSPS) is 16.3. The van der Waals surface area contributed by atoms with Crippen LogP contribution in [0.4, 0.5) is 5.13 Å². The molecule has 6 nitrogen and oxygen atoms in total. The van der Waals surface area contributed by atoms with Crippen molar-refractivity contribution < 1.29 is 18.7 Å². The first-order chi connectivity index (χ1) is 15.1. The van der Waals surface area contributed by atoms with Crippen LogP contribution < -0.4 is 9.64 Å². The Morgan fingerprint density at radius 1 is 1.29 bits per heavy atom. The molecule has 160 valence electrons. The van der Waals surface area contributed by atoms with Crippen molar-refractivity contribution in [3.05, 3.63) is 53.8 Å². The van der Waals surface area contributed by atoms with Crippen molar-refractivity contribution in [1.29, 1.82) is 0 Å². The number of carbonyl (C=O) groups is 1. The molecule has 0 spiro atoms. The van der Waals surface area contributed by atoms with Crippen LogP contribution in [0.2, 0.25) is 0 Å². The zero-order valence-corrected chi connectivity index (χ0v) is 18.4. The number of aromatic nitrogens is 1. The van der Waals surface area contributed by atoms with Gasteiger partial charge in [-0.2, -0.15) is 0 Å². The maximum Gasteiger partial charge on any atom is 0.295 e. The highest BCUT2D eigenvalue weighted by Gasteiger charge is 2.29. The van der Waals surface area contributed by atoms with E-state index in [2.05, 4.69) is 13.0 Å². The summed E-state index contributed by atoms with van der Waals surface area (Å²) in [5, 5.41) is 1.50. The van der Waals surface area contributed by atoms with Gasteiger partial charge in [-0.1, -0.05) is 29.5 Å². The molecule has 1 fully saturated rings. The predicted molar refractivity (Wildman–Crippen MR) is 122 cm³/mol. The predicted octanol–water partition coefficient (Wildman–Crippen LogP) is 5.58. The number of anilines is 1. The SMILES string of the molecule is CCOc1cccc2cc(C(=O)N(CC3CCCO3)c3nc4ccc(C)cc4s3)oc12. The molecule has 4 aromatic rings. The molecule has 0 N–H and O–H groups in total. The Morgan fingerprint density at radius 3 is 3.00 bits per heavy atom. The summed E-state index contributed by atoms with van der Waals surface area (Å²) in [7, 11) is 0. The Labute approximate surface area is 184 Å². The van der Waals surface area contributed by atoms with Gasteiger partial charge in [-0.05, 0) is 56.5 Å². The van der Waals surface area contributed by atoms with E-state index in [1.165, 1.54) is 16.9 Å². The minimum absolute atomic E-state index is 0.000984. The molecule has 1 aliphatic heterocycles. The molecule has 1 unspecified atom stereocenters. The van der Waals surface area contributed by atoms with Gasteiger partial charge in [-0.3, -0.25) is 9.69 Å². The van der Waals surface area contributed by atoms with E-state index in [1.807, 2.05) is 37.3 Å². The standard InChI is InChI=1S/C24H24N2O4S/c1-3-28-19-8-4-6-16-13-20(30-22(16)19)23(27)26(14-17-7-5-11-29-17)24-25-18-10-9-15(2)12-21(18)31-24/h4,6,8-10,12-13,17H,3,5,7,11,14H2,1-2H3. The van der Waals surface area contributed by atoms with Gasteiger partial charge in [0.2, 0.25) is 0 Å². The molecular formula is C24H24N2O4S. The number of benzene rings is 2. The Hall–Kier alpha value is -2.90. The fourth-order valence-corrected chi connectivity index (χ4v) is 4.99. The van der Waals surface area contributed by atoms with Crippen molar-refractivity contribution in [2.45, 2.75) is 32.8 Å². The largest absolute Gasteiger partial charge is 0.490 e. The molecular weight excluding hydrogens is 412 g/mol. The van der Waals surface area contributed by atoms with E-state index in [9.17, 15) is 4.79 Å². The molecule has 5 rings (SSSR count). The molecule has 2 aromatic carbocycles. The highest BCUT2D eigenvalue weighted by molar-refractivity contribution is 7.22. The van der Waals surface area contributed by atoms with Crippen LogP contribution in [-0.4, -0.2) is 36.8 Å². The molecule has 1 saturated heterocycles. The molecule has 0 aliphatic carbocycles. The summed E-state index contributed by atoms with van der Waals surface area (Å²) in [5.41, 5.74) is 2.64. The first-order valence-corrected chi connectivity index (χ1v) is 11.4. The number of para-hydroxylation sites is 1. The Bertz CT molecular complexity index is 1240. The van der Waals surface area contributed by atoms with E-state index in [0.717, 1.165) is 35.1 Å². The second-order valence-corrected chi connectivity index (χ2v) is 8.75. The number of nitrogens with zero attached hydrogens (tertiary/aromatic N) is 2. The van der Waals surface area contributed by atoms with E-state index in [-0.39, 0.29) is 17.8 Å². The van der Waals surface area contributed by atoms with Crippen LogP contribution in [0.25, 0.3) is 21.2 Å². The highest BCUT2D eigenvalue weighted by atomic mass is 32.1. The number of hydrogen-bond donors (Lipinski definition) is 0. The van der Waals surface area contributed by atoms with E-state index in [1.54, 1.807) is 11.0 Å². The molecule has 1 amide bonds. The third-order valence-electron chi connectivity index (χ3n) is 5.44. The van der Waals surface area contributed by atoms with Crippen molar-refractivity contribution in [1.82, 2.24) is 4.98 Å². The average Bonchev–Trinajstić information content (AvgIpc) is 3.50. The molecule has 1 atom stereocenters. The maximum absolute atomic E-state index is 13.6. The summed E-state index contributed by atoms with van der Waals surface area (Å²) < 4.78 is 18.5. The molecule has 0 bridgehead atoms. The van der Waals surface area contributed by atoms with Crippen LogP contribution in [-0.2, 0) is 4.74 Å². The fourth-order valence-electron chi connectivity index (χ4n) is 3.92. The van der Waals surface area contributed by atoms with Gasteiger partial charge < -0.3 is 13.9 Å². The van der Waals surface area contributed by atoms with Crippen LogP contribution >= 0.6 is 11.3 Å². The lowest BCUT2D eigenvalue weighted by atomic mass is 10.2. The Morgan fingerprint density at radius 2 is 2.19 bits per heavy atom. The summed E-state index contributed by atoms with van der Waals surface area (Å²) in [6.07, 6.45) is 1.94. The molecule has 0 saturated carbocycles. The van der Waals surface area contributed by atoms with Gasteiger partial charge in [0.05, 0.1) is 29.5 Å². The molecule has 7 heteroatoms. The van der Waals surface area contributed by atoms with Crippen LogP contribution in [0.5, 0.6) is 5.75 Å². The topological polar surface area (TPSA) is 64.8 Å². The smallest absolute Gasteiger partial charge is 0.295 e. The average molecular weight is 437 g/mol. The van der Waals surface area contributed by atoms with Gasteiger partial charge in [-0.25, -0.2) is 4.98 Å². The lowest BCUT2D eigenvalue weighted by Crippen LogP contribution is -2.37. The Balaban J connectivity index is 1.54. The monoisotopic (exact) mass is 436 g/mol. The number of ether oxygens (including phenoxy) is 2. The minimum atomic E-state index is -0.218. The van der Waals surface area contributed by atoms with Crippen molar-refractivity contribution in [2.75, 3.05) is 24.7 Å². The molecule has 1 aliphatic rings. The molecule has 2 aromatic heterocycles. The third-order valence-corrected chi connectivity index (χ3v) is 6.48. The van der Waals surface area contributed by atoms with E-state index in [4.69, 9.17) is 18.9 Å². The van der Waals surface area contributed by atoms with Crippen molar-refractivity contribution in [3.63, 3.8) is 0 Å². The zero-order valence-electron chi connectivity index (χ0n) is 17.6. The summed E-state index contributed by atoms with van der Waals surface area (Å²) in [5.74, 6) is 0.695. The lowest BCUT2D eigenvalue weighted by molar-refractivity contribution is 0.0896. The Kier molecular flexibility index (Phi) is 5.38. The van der Waals surface area contributed by atoms with Crippen LogP contribution in [0.3, 0.4) is 0 Å². The molecule has 0 radical (unpaired) electrons. The number of amides is 1. The molecule has 3 heterocycles. The first-order valence-electron chi connectivity index (χ1n) is 10.6. The number of fused-ring (bicyclic) bond motifs is 2. The van der Waals surface area contributed by atoms with Gasteiger partial charge in [0.1, 0.15) is 0 Å². The highest BCUT2D eigenvalue weighted by Crippen LogP contribution is 2.34. The van der Waals surface area contributed by atoms with E-state index < -0.39 is 0 Å². The first kappa shape index (κ1) is 20.0. The van der Waals surface area contributed by atoms with Crippen LogP contribution in [0, 0.1) is 6.92 Å². The van der Waals surface area contributed by atoms with Crippen LogP contribution in [0.1, 0.15) is 35.9 Å².